The first-order valence-corrected chi connectivity index (χ1v) is 9.94. The summed E-state index contributed by atoms with van der Waals surface area (Å²) in [6.07, 6.45) is 0.620. The van der Waals surface area contributed by atoms with Gasteiger partial charge in [-0.15, -0.1) is 0 Å². The Balaban J connectivity index is 2.00. The van der Waals surface area contributed by atoms with Crippen molar-refractivity contribution in [3.63, 3.8) is 0 Å². The number of rotatable bonds is 4. The molecule has 6 heteroatoms. The van der Waals surface area contributed by atoms with Crippen LogP contribution in [0.3, 0.4) is 0 Å². The lowest BCUT2D eigenvalue weighted by Gasteiger charge is -2.26. The Hall–Kier alpha value is -1.72. The Morgan fingerprint density at radius 1 is 1.18 bits per heavy atom. The van der Waals surface area contributed by atoms with Gasteiger partial charge in [-0.05, 0) is 36.1 Å². The van der Waals surface area contributed by atoms with Crippen molar-refractivity contribution in [3.8, 4) is 0 Å². The summed E-state index contributed by atoms with van der Waals surface area (Å²) in [7, 11) is 0. The second-order valence-electron chi connectivity index (χ2n) is 8.21. The highest BCUT2D eigenvalue weighted by Crippen LogP contribution is 2.40. The summed E-state index contributed by atoms with van der Waals surface area (Å²) in [6.45, 7) is 6.14. The molecule has 0 saturated heterocycles. The minimum absolute atomic E-state index is 0.0738. The van der Waals surface area contributed by atoms with Gasteiger partial charge in [0.1, 0.15) is 6.10 Å². The summed E-state index contributed by atoms with van der Waals surface area (Å²) in [6, 6.07) is 12.1. The highest BCUT2D eigenvalue weighted by atomic mass is 35.5. The zero-order chi connectivity index (χ0) is 20.5. The van der Waals surface area contributed by atoms with E-state index in [1.807, 2.05) is 45.0 Å². The summed E-state index contributed by atoms with van der Waals surface area (Å²) in [4.78, 5) is 17.5. The van der Waals surface area contributed by atoms with Crippen LogP contribution in [0.1, 0.15) is 44.4 Å². The minimum atomic E-state index is -0.871. The molecule has 0 aliphatic carbocycles. The number of hydrogen-bond donors (Lipinski definition) is 1. The molecule has 0 amide bonds. The fourth-order valence-electron chi connectivity index (χ4n) is 3.30. The average molecular weight is 419 g/mol. The normalized spacial score (nSPS) is 20.4. The molecule has 3 unspecified atom stereocenters. The van der Waals surface area contributed by atoms with Crippen LogP contribution in [0.5, 0.6) is 0 Å². The lowest BCUT2D eigenvalue weighted by Crippen LogP contribution is -2.43. The second kappa shape index (κ2) is 8.34. The average Bonchev–Trinajstić information content (AvgIpc) is 2.79. The zero-order valence-electron chi connectivity index (χ0n) is 16.2. The number of halogens is 2. The van der Waals surface area contributed by atoms with Gasteiger partial charge in [-0.3, -0.25) is 9.79 Å². The number of benzene rings is 2. The fourth-order valence-corrected chi connectivity index (χ4v) is 3.71. The quantitative estimate of drug-likeness (QED) is 0.710. The van der Waals surface area contributed by atoms with Gasteiger partial charge in [0.25, 0.3) is 0 Å². The molecule has 1 heterocycles. The molecule has 148 valence electrons. The van der Waals surface area contributed by atoms with Gasteiger partial charge in [0, 0.05) is 27.4 Å². The monoisotopic (exact) mass is 418 g/mol. The van der Waals surface area contributed by atoms with Crippen molar-refractivity contribution in [1.29, 1.82) is 0 Å². The maximum absolute atomic E-state index is 13.0. The third kappa shape index (κ3) is 4.81. The van der Waals surface area contributed by atoms with Crippen molar-refractivity contribution in [2.24, 2.45) is 16.1 Å². The zero-order valence-corrected chi connectivity index (χ0v) is 17.7. The summed E-state index contributed by atoms with van der Waals surface area (Å²) in [5, 5.41) is 1.11. The van der Waals surface area contributed by atoms with Crippen molar-refractivity contribution in [2.45, 2.75) is 45.4 Å². The molecule has 1 aliphatic rings. The van der Waals surface area contributed by atoms with Crippen molar-refractivity contribution in [1.82, 2.24) is 0 Å². The van der Waals surface area contributed by atoms with E-state index in [4.69, 9.17) is 33.7 Å². The predicted octanol–water partition coefficient (Wildman–Crippen LogP) is 5.52. The number of Topliss-reactive ketones (excluding diaryl/α,β-unsaturated/α-hetero) is 1. The Morgan fingerprint density at radius 3 is 2.57 bits per heavy atom. The Kier molecular flexibility index (Phi) is 6.25. The number of ether oxygens (including phenoxy) is 1. The van der Waals surface area contributed by atoms with Crippen LogP contribution in [0.25, 0.3) is 0 Å². The molecular weight excluding hydrogens is 395 g/mol. The first-order chi connectivity index (χ1) is 13.2. The molecule has 0 aromatic heterocycles. The third-order valence-corrected chi connectivity index (χ3v) is 5.15. The number of nitrogens with zero attached hydrogens (tertiary/aromatic N) is 1. The predicted molar refractivity (Wildman–Crippen MR) is 115 cm³/mol. The molecule has 3 rings (SSSR count). The molecule has 0 radical (unpaired) electrons. The van der Waals surface area contributed by atoms with Gasteiger partial charge < -0.3 is 10.5 Å². The highest BCUT2D eigenvalue weighted by molar-refractivity contribution is 6.31. The summed E-state index contributed by atoms with van der Waals surface area (Å²) < 4.78 is 6.24. The topological polar surface area (TPSA) is 64.7 Å². The lowest BCUT2D eigenvalue weighted by molar-refractivity contribution is -0.130. The number of ketones is 1. The van der Waals surface area contributed by atoms with Crippen LogP contribution < -0.4 is 5.73 Å². The van der Waals surface area contributed by atoms with Crippen LogP contribution in [-0.4, -0.2) is 24.1 Å². The van der Waals surface area contributed by atoms with E-state index in [2.05, 4.69) is 4.99 Å². The molecule has 28 heavy (non-hydrogen) atoms. The standard InChI is InChI=1S/C22H24Cl2N2O2/c1-22(2,3)11-17(25)20(27)19-12-26-18-9-8-13(23)10-15(18)21(28-19)14-6-4-5-7-16(14)24/h4-10,12,17,19,21H,11,25H2,1-3H3. The van der Waals surface area contributed by atoms with Crippen molar-refractivity contribution >= 4 is 40.9 Å². The van der Waals surface area contributed by atoms with Crippen LogP contribution in [0.4, 0.5) is 5.69 Å². The fraction of sp³-hybridized carbons (Fsp3) is 0.364. The number of nitrogens with two attached hydrogens (primary N) is 1. The van der Waals surface area contributed by atoms with E-state index in [0.29, 0.717) is 22.2 Å². The van der Waals surface area contributed by atoms with Gasteiger partial charge >= 0.3 is 0 Å². The molecule has 0 spiro atoms. The number of aliphatic imine (C=N–C) groups is 1. The van der Waals surface area contributed by atoms with E-state index < -0.39 is 18.2 Å². The molecule has 0 bridgehead atoms. The third-order valence-electron chi connectivity index (χ3n) is 4.57. The van der Waals surface area contributed by atoms with Crippen LogP contribution in [0.2, 0.25) is 10.0 Å². The SMILES string of the molecule is CC(C)(C)CC(N)C(=O)C1C=Nc2ccc(Cl)cc2C(c2ccccc2Cl)O1. The van der Waals surface area contributed by atoms with E-state index in [9.17, 15) is 4.79 Å². The molecule has 0 saturated carbocycles. The summed E-state index contributed by atoms with van der Waals surface area (Å²) in [5.74, 6) is -0.199. The molecule has 3 atom stereocenters. The maximum atomic E-state index is 13.0. The molecule has 2 aromatic carbocycles. The smallest absolute Gasteiger partial charge is 0.183 e. The number of carbonyl (C=O) groups is 1. The lowest BCUT2D eigenvalue weighted by atomic mass is 9.86. The second-order valence-corrected chi connectivity index (χ2v) is 9.06. The number of fused-ring (bicyclic) bond motifs is 1. The molecule has 1 aliphatic heterocycles. The minimum Gasteiger partial charge on any atom is -0.352 e. The summed E-state index contributed by atoms with van der Waals surface area (Å²) >= 11 is 12.6. The largest absolute Gasteiger partial charge is 0.352 e. The molecule has 4 nitrogen and oxygen atoms in total. The number of hydrogen-bond acceptors (Lipinski definition) is 4. The molecule has 2 N–H and O–H groups in total. The molecule has 2 aromatic rings. The first-order valence-electron chi connectivity index (χ1n) is 9.18. The van der Waals surface area contributed by atoms with Gasteiger partial charge in [0.15, 0.2) is 11.9 Å². The Labute approximate surface area is 175 Å². The van der Waals surface area contributed by atoms with Crippen LogP contribution in [0.15, 0.2) is 47.5 Å². The van der Waals surface area contributed by atoms with Gasteiger partial charge in [0.05, 0.1) is 11.7 Å². The van der Waals surface area contributed by atoms with E-state index in [1.54, 1.807) is 18.2 Å². The van der Waals surface area contributed by atoms with E-state index in [-0.39, 0.29) is 11.2 Å². The molecular formula is C22H24Cl2N2O2. The van der Waals surface area contributed by atoms with Crippen molar-refractivity contribution in [2.75, 3.05) is 0 Å². The van der Waals surface area contributed by atoms with E-state index >= 15 is 0 Å². The van der Waals surface area contributed by atoms with Crippen LogP contribution in [-0.2, 0) is 9.53 Å². The van der Waals surface area contributed by atoms with E-state index in [1.165, 1.54) is 6.21 Å². The molecule has 0 fully saturated rings. The summed E-state index contributed by atoms with van der Waals surface area (Å²) in [5.41, 5.74) is 8.32. The van der Waals surface area contributed by atoms with Crippen molar-refractivity contribution in [3.05, 3.63) is 63.6 Å². The number of carbonyl (C=O) groups excluding carboxylic acids is 1. The van der Waals surface area contributed by atoms with Gasteiger partial charge in [-0.2, -0.15) is 0 Å². The highest BCUT2D eigenvalue weighted by Gasteiger charge is 2.33. The Bertz CT molecular complexity index is 906. The van der Waals surface area contributed by atoms with Crippen LogP contribution in [0, 0.1) is 5.41 Å². The van der Waals surface area contributed by atoms with E-state index in [0.717, 1.165) is 11.1 Å². The van der Waals surface area contributed by atoms with Gasteiger partial charge in [-0.1, -0.05) is 62.2 Å². The van der Waals surface area contributed by atoms with Gasteiger partial charge in [-0.25, -0.2) is 0 Å². The van der Waals surface area contributed by atoms with Crippen molar-refractivity contribution < 1.29 is 9.53 Å². The first kappa shape index (κ1) is 21.0. The Morgan fingerprint density at radius 2 is 1.89 bits per heavy atom. The maximum Gasteiger partial charge on any atom is 0.183 e. The van der Waals surface area contributed by atoms with Crippen LogP contribution >= 0.6 is 23.2 Å². The van der Waals surface area contributed by atoms with Gasteiger partial charge in [0.2, 0.25) is 0 Å².